The Labute approximate surface area is 374 Å². The van der Waals surface area contributed by atoms with Crippen LogP contribution in [0.4, 0.5) is 5.82 Å². The zero-order chi connectivity index (χ0) is 42.6. The number of pyridine rings is 2. The Balaban J connectivity index is 0.758. The number of piperazine rings is 1. The Bertz CT molecular complexity index is 2670. The van der Waals surface area contributed by atoms with Crippen molar-refractivity contribution < 1.29 is 14.3 Å². The molecule has 1 saturated carbocycles. The van der Waals surface area contributed by atoms with Crippen molar-refractivity contribution in [3.05, 3.63) is 85.7 Å². The number of aliphatic imine (C=N–C) groups is 1. The number of aromatic amines is 1. The standard InChI is InChI=1S/C45H49Cl2N11O3S/c1-25-26(2)62-44-38(25)39(29-8-10-30(46)11-9-29)48-35(42-54-53-27(3)58(42)44)23-37(59)57-20-18-55(19-21-57)24-28-14-16-56(17-15-28)36-13-12-32(43(50-36)60-4)40-33(47)22-34-41(51-40)52-45(49-34)61-31-6-5-7-31/h8-13,22,28,31,35H,5-7,14-21,23-24H2,1-4H3,(H,49,51,52)/t35-/m0/s1. The first-order valence-corrected chi connectivity index (χ1v) is 23.1. The Hall–Kier alpha value is -5.09. The van der Waals surface area contributed by atoms with Gasteiger partial charge < -0.3 is 24.3 Å². The summed E-state index contributed by atoms with van der Waals surface area (Å²) in [6.45, 7) is 12.1. The summed E-state index contributed by atoms with van der Waals surface area (Å²) >= 11 is 14.8. The summed E-state index contributed by atoms with van der Waals surface area (Å²) in [6, 6.07) is 13.6. The van der Waals surface area contributed by atoms with E-state index in [0.717, 1.165) is 97.4 Å². The molecule has 1 amide bonds. The molecule has 17 heteroatoms. The molecule has 1 atom stereocenters. The fraction of sp³-hybridized carbons (Fsp3) is 0.444. The number of rotatable bonds is 10. The first kappa shape index (κ1) is 41.0. The predicted octanol–water partition coefficient (Wildman–Crippen LogP) is 8.18. The lowest BCUT2D eigenvalue weighted by atomic mass is 9.95. The number of piperidine rings is 1. The van der Waals surface area contributed by atoms with Crippen LogP contribution >= 0.6 is 34.5 Å². The topological polar surface area (TPSA) is 143 Å². The maximum Gasteiger partial charge on any atom is 0.296 e. The summed E-state index contributed by atoms with van der Waals surface area (Å²) in [4.78, 5) is 44.9. The Kier molecular flexibility index (Phi) is 11.2. The molecule has 4 aliphatic rings. The molecule has 3 fully saturated rings. The second-order valence-corrected chi connectivity index (χ2v) is 18.9. The number of amides is 1. The number of fused-ring (bicyclic) bond motifs is 4. The number of thiophene rings is 1. The van der Waals surface area contributed by atoms with Crippen molar-refractivity contribution in [1.82, 2.24) is 44.5 Å². The van der Waals surface area contributed by atoms with Gasteiger partial charge in [-0.2, -0.15) is 9.97 Å². The monoisotopic (exact) mass is 893 g/mol. The van der Waals surface area contributed by atoms with Crippen LogP contribution in [0, 0.1) is 26.7 Å². The molecule has 6 aromatic rings. The summed E-state index contributed by atoms with van der Waals surface area (Å²) < 4.78 is 13.9. The Morgan fingerprint density at radius 3 is 2.42 bits per heavy atom. The van der Waals surface area contributed by atoms with Crippen LogP contribution in [0.25, 0.3) is 27.4 Å². The smallest absolute Gasteiger partial charge is 0.296 e. The number of aryl methyl sites for hydroxylation is 2. The molecular formula is C45H49Cl2N11O3S. The average molecular weight is 895 g/mol. The highest BCUT2D eigenvalue weighted by Crippen LogP contribution is 2.41. The zero-order valence-corrected chi connectivity index (χ0v) is 37.7. The zero-order valence-electron chi connectivity index (χ0n) is 35.3. The van der Waals surface area contributed by atoms with E-state index >= 15 is 0 Å². The maximum absolute atomic E-state index is 14.1. The fourth-order valence-corrected chi connectivity index (χ4v) is 10.6. The van der Waals surface area contributed by atoms with Gasteiger partial charge in [0.2, 0.25) is 11.8 Å². The van der Waals surface area contributed by atoms with Crippen molar-refractivity contribution in [2.24, 2.45) is 10.9 Å². The Morgan fingerprint density at radius 2 is 1.69 bits per heavy atom. The van der Waals surface area contributed by atoms with Gasteiger partial charge in [-0.15, -0.1) is 21.5 Å². The third-order valence-corrected chi connectivity index (χ3v) is 14.7. The Morgan fingerprint density at radius 1 is 0.919 bits per heavy atom. The second-order valence-electron chi connectivity index (χ2n) is 16.8. The highest BCUT2D eigenvalue weighted by atomic mass is 35.5. The lowest BCUT2D eigenvalue weighted by molar-refractivity contribution is -0.133. The SMILES string of the molecule is COc1nc(N2CCC(CN3CCN(C(=O)C[C@@H]4N=C(c5ccc(Cl)cc5)c5c(sc(C)c5C)-n5c(C)nnc54)CC3)CC2)ccc1-c1nc2nc(OC3CCC3)[nH]c2cc1Cl. The third-order valence-electron chi connectivity index (χ3n) is 12.9. The molecule has 5 aromatic heterocycles. The summed E-state index contributed by atoms with van der Waals surface area (Å²) in [5.41, 5.74) is 6.61. The predicted molar refractivity (Wildman–Crippen MR) is 243 cm³/mol. The second kappa shape index (κ2) is 16.9. The number of imidazole rings is 1. The number of nitrogens with one attached hydrogen (secondary N) is 1. The van der Waals surface area contributed by atoms with Gasteiger partial charge in [-0.1, -0.05) is 35.3 Å². The number of benzene rings is 1. The van der Waals surface area contributed by atoms with Crippen molar-refractivity contribution in [2.75, 3.05) is 57.8 Å². The van der Waals surface area contributed by atoms with E-state index in [0.29, 0.717) is 63.7 Å². The number of carbonyl (C=O) groups is 1. The molecule has 322 valence electrons. The van der Waals surface area contributed by atoms with Gasteiger partial charge >= 0.3 is 0 Å². The van der Waals surface area contributed by atoms with Crippen LogP contribution in [0.5, 0.6) is 11.9 Å². The van der Waals surface area contributed by atoms with Gasteiger partial charge in [0.15, 0.2) is 11.5 Å². The van der Waals surface area contributed by atoms with Crippen LogP contribution in [0.1, 0.15) is 77.8 Å². The number of hydrogen-bond acceptors (Lipinski definition) is 12. The van der Waals surface area contributed by atoms with Crippen LogP contribution < -0.4 is 14.4 Å². The van der Waals surface area contributed by atoms with E-state index in [-0.39, 0.29) is 18.4 Å². The van der Waals surface area contributed by atoms with Crippen molar-refractivity contribution in [3.8, 4) is 28.1 Å². The van der Waals surface area contributed by atoms with E-state index in [4.69, 9.17) is 47.6 Å². The molecule has 2 saturated heterocycles. The first-order chi connectivity index (χ1) is 30.1. The maximum atomic E-state index is 14.1. The van der Waals surface area contributed by atoms with E-state index in [1.807, 2.05) is 54.3 Å². The number of aromatic nitrogens is 7. The van der Waals surface area contributed by atoms with E-state index in [2.05, 4.69) is 48.4 Å². The molecule has 1 aromatic carbocycles. The van der Waals surface area contributed by atoms with Crippen LogP contribution in [-0.2, 0) is 4.79 Å². The molecule has 0 bridgehead atoms. The number of hydrogen-bond donors (Lipinski definition) is 1. The number of nitrogens with zero attached hydrogens (tertiary/aromatic N) is 10. The van der Waals surface area contributed by atoms with Gasteiger partial charge in [-0.05, 0) is 94.7 Å². The minimum atomic E-state index is -0.478. The van der Waals surface area contributed by atoms with Gasteiger partial charge in [0.25, 0.3) is 6.01 Å². The number of methoxy groups -OCH3 is 1. The minimum absolute atomic E-state index is 0.0872. The molecule has 3 aliphatic heterocycles. The lowest BCUT2D eigenvalue weighted by Crippen LogP contribution is -2.50. The third kappa shape index (κ3) is 7.81. The lowest BCUT2D eigenvalue weighted by Gasteiger charge is -2.39. The molecule has 14 nitrogen and oxygen atoms in total. The molecule has 0 unspecified atom stereocenters. The van der Waals surface area contributed by atoms with Gasteiger partial charge in [0, 0.05) is 66.8 Å². The van der Waals surface area contributed by atoms with Crippen LogP contribution in [0.15, 0.2) is 47.5 Å². The van der Waals surface area contributed by atoms with Crippen LogP contribution in [-0.4, -0.2) is 115 Å². The van der Waals surface area contributed by atoms with E-state index in [1.54, 1.807) is 18.4 Å². The molecule has 0 radical (unpaired) electrons. The van der Waals surface area contributed by atoms with Crippen molar-refractivity contribution in [3.63, 3.8) is 0 Å². The van der Waals surface area contributed by atoms with Crippen molar-refractivity contribution >= 4 is 63.1 Å². The van der Waals surface area contributed by atoms with Crippen LogP contribution in [0.2, 0.25) is 10.0 Å². The van der Waals surface area contributed by atoms with Gasteiger partial charge in [-0.3, -0.25) is 19.3 Å². The van der Waals surface area contributed by atoms with E-state index in [9.17, 15) is 4.79 Å². The van der Waals surface area contributed by atoms with Gasteiger partial charge in [0.1, 0.15) is 28.8 Å². The normalized spacial score (nSPS) is 18.6. The highest BCUT2D eigenvalue weighted by Gasteiger charge is 2.34. The first-order valence-electron chi connectivity index (χ1n) is 21.5. The van der Waals surface area contributed by atoms with Crippen molar-refractivity contribution in [1.29, 1.82) is 0 Å². The number of anilines is 1. The quantitative estimate of drug-likeness (QED) is 0.143. The number of H-pyrrole nitrogens is 1. The van der Waals surface area contributed by atoms with E-state index < -0.39 is 6.04 Å². The number of ether oxygens (including phenoxy) is 2. The van der Waals surface area contributed by atoms with Crippen LogP contribution in [0.3, 0.4) is 0 Å². The molecule has 8 heterocycles. The fourth-order valence-electron chi connectivity index (χ4n) is 9.05. The number of halogens is 2. The molecule has 62 heavy (non-hydrogen) atoms. The van der Waals surface area contributed by atoms with Crippen molar-refractivity contribution in [2.45, 2.75) is 71.4 Å². The largest absolute Gasteiger partial charge is 0.480 e. The minimum Gasteiger partial charge on any atom is -0.480 e. The summed E-state index contributed by atoms with van der Waals surface area (Å²) in [7, 11) is 1.62. The summed E-state index contributed by atoms with van der Waals surface area (Å²) in [5, 5.41) is 11.3. The van der Waals surface area contributed by atoms with Gasteiger partial charge in [-0.25, -0.2) is 4.98 Å². The number of carbonyl (C=O) groups excluding carboxylic acids is 1. The average Bonchev–Trinajstić information content (AvgIpc) is 3.91. The molecular weight excluding hydrogens is 846 g/mol. The highest BCUT2D eigenvalue weighted by molar-refractivity contribution is 7.15. The van der Waals surface area contributed by atoms with E-state index in [1.165, 1.54) is 16.9 Å². The molecule has 10 rings (SSSR count). The molecule has 0 spiro atoms. The summed E-state index contributed by atoms with van der Waals surface area (Å²) in [5.74, 6) is 3.48. The molecule has 1 aliphatic carbocycles. The molecule has 1 N–H and O–H groups in total. The van der Waals surface area contributed by atoms with Gasteiger partial charge in [0.05, 0.1) is 41.0 Å². The summed E-state index contributed by atoms with van der Waals surface area (Å²) in [6.07, 6.45) is 5.80.